The predicted molar refractivity (Wildman–Crippen MR) is 112 cm³/mol. The van der Waals surface area contributed by atoms with Crippen molar-refractivity contribution in [3.8, 4) is 6.07 Å². The standard InChI is InChI=1S/C21H26N6O3S/c22-13-16-6-8-19(9-7-16)31(29,30)27-11-2-1-3-18(27)10-12-26-15-20(24-25-26)21(28)23-14-17-4-5-17/h6-9,15,17-18H,1-5,10-12,14H2,(H,23,28). The minimum Gasteiger partial charge on any atom is -0.350 e. The van der Waals surface area contributed by atoms with E-state index in [-0.39, 0.29) is 22.5 Å². The van der Waals surface area contributed by atoms with Gasteiger partial charge in [0.15, 0.2) is 5.69 Å². The molecule has 1 aliphatic heterocycles. The molecule has 1 N–H and O–H groups in total. The number of aromatic nitrogens is 3. The Morgan fingerprint density at radius 3 is 2.68 bits per heavy atom. The van der Waals surface area contributed by atoms with E-state index < -0.39 is 10.0 Å². The fourth-order valence-corrected chi connectivity index (χ4v) is 5.58. The van der Waals surface area contributed by atoms with Gasteiger partial charge in [-0.25, -0.2) is 8.42 Å². The molecule has 0 spiro atoms. The maximum Gasteiger partial charge on any atom is 0.273 e. The molecule has 2 heterocycles. The van der Waals surface area contributed by atoms with Crippen molar-refractivity contribution in [2.75, 3.05) is 13.1 Å². The largest absolute Gasteiger partial charge is 0.350 e. The molecule has 164 valence electrons. The summed E-state index contributed by atoms with van der Waals surface area (Å²) in [4.78, 5) is 12.4. The molecule has 1 aliphatic carbocycles. The number of hydrogen-bond donors (Lipinski definition) is 1. The van der Waals surface area contributed by atoms with Gasteiger partial charge >= 0.3 is 0 Å². The van der Waals surface area contributed by atoms with Crippen LogP contribution in [0.2, 0.25) is 0 Å². The Bertz CT molecular complexity index is 1070. The normalized spacial score (nSPS) is 19.6. The molecule has 10 heteroatoms. The number of sulfonamides is 1. The number of hydrogen-bond acceptors (Lipinski definition) is 6. The molecule has 2 fully saturated rings. The van der Waals surface area contributed by atoms with Crippen molar-refractivity contribution in [1.29, 1.82) is 5.26 Å². The van der Waals surface area contributed by atoms with Crippen molar-refractivity contribution < 1.29 is 13.2 Å². The topological polar surface area (TPSA) is 121 Å². The maximum atomic E-state index is 13.2. The molecule has 1 saturated carbocycles. The van der Waals surface area contributed by atoms with Crippen molar-refractivity contribution in [3.05, 3.63) is 41.7 Å². The van der Waals surface area contributed by atoms with Gasteiger partial charge in [0, 0.05) is 25.7 Å². The predicted octanol–water partition coefficient (Wildman–Crippen LogP) is 1.92. The molecule has 0 bridgehead atoms. The summed E-state index contributed by atoms with van der Waals surface area (Å²) in [5, 5.41) is 19.8. The molecule has 1 aromatic heterocycles. The first-order valence-corrected chi connectivity index (χ1v) is 12.1. The average molecular weight is 443 g/mol. The van der Waals surface area contributed by atoms with Crippen molar-refractivity contribution in [2.45, 2.75) is 56.0 Å². The second-order valence-corrected chi connectivity index (χ2v) is 10.1. The van der Waals surface area contributed by atoms with E-state index in [0.29, 0.717) is 37.5 Å². The molecule has 1 aromatic carbocycles. The molecule has 1 unspecified atom stereocenters. The summed E-state index contributed by atoms with van der Waals surface area (Å²) < 4.78 is 29.6. The van der Waals surface area contributed by atoms with Crippen LogP contribution in [0.25, 0.3) is 0 Å². The molecule has 31 heavy (non-hydrogen) atoms. The fourth-order valence-electron chi connectivity index (χ4n) is 3.86. The van der Waals surface area contributed by atoms with Gasteiger partial charge in [-0.3, -0.25) is 9.48 Å². The number of amides is 1. The lowest BCUT2D eigenvalue weighted by molar-refractivity contribution is 0.0946. The van der Waals surface area contributed by atoms with Crippen LogP contribution < -0.4 is 5.32 Å². The second kappa shape index (κ2) is 9.16. The third-order valence-electron chi connectivity index (χ3n) is 5.87. The monoisotopic (exact) mass is 442 g/mol. The highest BCUT2D eigenvalue weighted by Crippen LogP contribution is 2.28. The second-order valence-electron chi connectivity index (χ2n) is 8.21. The van der Waals surface area contributed by atoms with Gasteiger partial charge in [-0.15, -0.1) is 5.10 Å². The maximum absolute atomic E-state index is 13.2. The first-order chi connectivity index (χ1) is 15.0. The lowest BCUT2D eigenvalue weighted by Crippen LogP contribution is -2.44. The van der Waals surface area contributed by atoms with Crippen molar-refractivity contribution in [1.82, 2.24) is 24.6 Å². The number of nitrogens with zero attached hydrogens (tertiary/aromatic N) is 5. The SMILES string of the molecule is N#Cc1ccc(S(=O)(=O)N2CCCCC2CCn2cc(C(=O)NCC3CC3)nn2)cc1. The van der Waals surface area contributed by atoms with E-state index in [4.69, 9.17) is 5.26 Å². The minimum atomic E-state index is -3.64. The third-order valence-corrected chi connectivity index (χ3v) is 7.84. The Kier molecular flexibility index (Phi) is 6.34. The Balaban J connectivity index is 1.39. The zero-order valence-corrected chi connectivity index (χ0v) is 18.1. The molecule has 9 nitrogen and oxygen atoms in total. The van der Waals surface area contributed by atoms with E-state index in [9.17, 15) is 13.2 Å². The molecular formula is C21H26N6O3S. The van der Waals surface area contributed by atoms with Crippen LogP contribution in [0.5, 0.6) is 0 Å². The van der Waals surface area contributed by atoms with Gasteiger partial charge in [-0.1, -0.05) is 11.6 Å². The van der Waals surface area contributed by atoms with Crippen molar-refractivity contribution in [2.24, 2.45) is 5.92 Å². The molecule has 1 amide bonds. The molecule has 1 saturated heterocycles. The Morgan fingerprint density at radius 2 is 1.97 bits per heavy atom. The number of piperidine rings is 1. The van der Waals surface area contributed by atoms with E-state index >= 15 is 0 Å². The summed E-state index contributed by atoms with van der Waals surface area (Å²) in [5.41, 5.74) is 0.712. The summed E-state index contributed by atoms with van der Waals surface area (Å²) >= 11 is 0. The third kappa shape index (κ3) is 5.11. The Hall–Kier alpha value is -2.77. The van der Waals surface area contributed by atoms with E-state index in [0.717, 1.165) is 32.1 Å². The van der Waals surface area contributed by atoms with Crippen LogP contribution in [0.4, 0.5) is 0 Å². The van der Waals surface area contributed by atoms with Gasteiger partial charge in [0.2, 0.25) is 10.0 Å². The first kappa shape index (κ1) is 21.5. The number of nitrogens with one attached hydrogen (secondary N) is 1. The van der Waals surface area contributed by atoms with Gasteiger partial charge in [0.05, 0.1) is 22.7 Å². The van der Waals surface area contributed by atoms with Crippen LogP contribution in [-0.4, -0.2) is 52.8 Å². The molecule has 1 atom stereocenters. The molecular weight excluding hydrogens is 416 g/mol. The van der Waals surface area contributed by atoms with E-state index in [1.807, 2.05) is 6.07 Å². The lowest BCUT2D eigenvalue weighted by atomic mass is 10.0. The number of aryl methyl sites for hydroxylation is 1. The van der Waals surface area contributed by atoms with Crippen LogP contribution in [0, 0.1) is 17.2 Å². The molecule has 2 aliphatic rings. The van der Waals surface area contributed by atoms with E-state index in [1.165, 1.54) is 24.3 Å². The number of nitriles is 1. The smallest absolute Gasteiger partial charge is 0.273 e. The summed E-state index contributed by atoms with van der Waals surface area (Å²) in [6.07, 6.45) is 7.09. The van der Waals surface area contributed by atoms with Crippen molar-refractivity contribution >= 4 is 15.9 Å². The highest BCUT2D eigenvalue weighted by atomic mass is 32.2. The zero-order valence-electron chi connectivity index (χ0n) is 17.3. The Morgan fingerprint density at radius 1 is 1.19 bits per heavy atom. The minimum absolute atomic E-state index is 0.147. The highest BCUT2D eigenvalue weighted by molar-refractivity contribution is 7.89. The Labute approximate surface area is 182 Å². The van der Waals surface area contributed by atoms with Crippen LogP contribution in [0.15, 0.2) is 35.4 Å². The van der Waals surface area contributed by atoms with Crippen LogP contribution in [0.1, 0.15) is 54.6 Å². The van der Waals surface area contributed by atoms with E-state index in [1.54, 1.807) is 15.2 Å². The van der Waals surface area contributed by atoms with Gasteiger partial charge in [-0.2, -0.15) is 9.57 Å². The van der Waals surface area contributed by atoms with Gasteiger partial charge in [0.1, 0.15) is 0 Å². The number of carbonyl (C=O) groups is 1. The highest BCUT2D eigenvalue weighted by Gasteiger charge is 2.33. The average Bonchev–Trinajstić information content (AvgIpc) is 3.51. The molecule has 4 rings (SSSR count). The quantitative estimate of drug-likeness (QED) is 0.667. The number of carbonyl (C=O) groups excluding carboxylic acids is 1. The number of benzene rings is 1. The first-order valence-electron chi connectivity index (χ1n) is 10.7. The van der Waals surface area contributed by atoms with Crippen LogP contribution >= 0.6 is 0 Å². The summed E-state index contributed by atoms with van der Waals surface area (Å²) in [6.45, 7) is 1.63. The summed E-state index contributed by atoms with van der Waals surface area (Å²) in [6, 6.07) is 7.89. The van der Waals surface area contributed by atoms with Gasteiger partial charge in [0.25, 0.3) is 5.91 Å². The lowest BCUT2D eigenvalue weighted by Gasteiger charge is -2.34. The van der Waals surface area contributed by atoms with Crippen LogP contribution in [-0.2, 0) is 16.6 Å². The number of rotatable bonds is 8. The van der Waals surface area contributed by atoms with Gasteiger partial charge in [-0.05, 0) is 62.3 Å². The van der Waals surface area contributed by atoms with E-state index in [2.05, 4.69) is 15.6 Å². The fraction of sp³-hybridized carbons (Fsp3) is 0.524. The zero-order chi connectivity index (χ0) is 21.8. The van der Waals surface area contributed by atoms with Crippen molar-refractivity contribution in [3.63, 3.8) is 0 Å². The molecule has 2 aromatic rings. The summed E-state index contributed by atoms with van der Waals surface area (Å²) in [5.74, 6) is 0.371. The van der Waals surface area contributed by atoms with Crippen LogP contribution in [0.3, 0.4) is 0 Å². The van der Waals surface area contributed by atoms with Gasteiger partial charge < -0.3 is 5.32 Å². The summed E-state index contributed by atoms with van der Waals surface area (Å²) in [7, 11) is -3.64. The molecule has 0 radical (unpaired) electrons.